The van der Waals surface area contributed by atoms with Crippen molar-refractivity contribution >= 4 is 5.78 Å². The highest BCUT2D eigenvalue weighted by molar-refractivity contribution is 5.97. The molecule has 2 aromatic rings. The van der Waals surface area contributed by atoms with Crippen LogP contribution in [0.5, 0.6) is 0 Å². The molecule has 0 fully saturated rings. The molecular formula is C14H10F2N2O. The fourth-order valence-electron chi connectivity index (χ4n) is 2.17. The minimum Gasteiger partial charge on any atom is -0.294 e. The molecule has 1 aliphatic rings. The van der Waals surface area contributed by atoms with Gasteiger partial charge in [-0.1, -0.05) is 0 Å². The van der Waals surface area contributed by atoms with Crippen molar-refractivity contribution in [1.82, 2.24) is 9.97 Å². The van der Waals surface area contributed by atoms with Crippen LogP contribution in [0.25, 0.3) is 11.4 Å². The minimum atomic E-state index is -0.935. The molecule has 1 aromatic carbocycles. The van der Waals surface area contributed by atoms with E-state index < -0.39 is 11.6 Å². The molecule has 0 unspecified atom stereocenters. The number of halogens is 2. The van der Waals surface area contributed by atoms with Gasteiger partial charge in [0.15, 0.2) is 23.2 Å². The topological polar surface area (TPSA) is 42.9 Å². The Bertz CT molecular complexity index is 670. The lowest BCUT2D eigenvalue weighted by Crippen LogP contribution is -2.13. The SMILES string of the molecule is O=C1CCCc2nc(-c3ccc(F)c(F)c3)ncc21. The third-order valence-electron chi connectivity index (χ3n) is 3.16. The maximum Gasteiger partial charge on any atom is 0.166 e. The van der Waals surface area contributed by atoms with Gasteiger partial charge in [0.25, 0.3) is 0 Å². The first-order valence-electron chi connectivity index (χ1n) is 5.99. The van der Waals surface area contributed by atoms with Gasteiger partial charge < -0.3 is 0 Å². The number of ketones is 1. The lowest BCUT2D eigenvalue weighted by Gasteiger charge is -2.13. The van der Waals surface area contributed by atoms with E-state index in [2.05, 4.69) is 9.97 Å². The quantitative estimate of drug-likeness (QED) is 0.791. The number of rotatable bonds is 1. The largest absolute Gasteiger partial charge is 0.294 e. The molecule has 1 aromatic heterocycles. The summed E-state index contributed by atoms with van der Waals surface area (Å²) < 4.78 is 26.1. The molecule has 1 heterocycles. The van der Waals surface area contributed by atoms with Crippen molar-refractivity contribution in [2.24, 2.45) is 0 Å². The van der Waals surface area contributed by atoms with Gasteiger partial charge in [-0.15, -0.1) is 0 Å². The van der Waals surface area contributed by atoms with Crippen LogP contribution >= 0.6 is 0 Å². The average Bonchev–Trinajstić information content (AvgIpc) is 2.42. The summed E-state index contributed by atoms with van der Waals surface area (Å²) in [5, 5.41) is 0. The molecule has 0 amide bonds. The number of fused-ring (bicyclic) bond motifs is 1. The Morgan fingerprint density at radius 1 is 1.11 bits per heavy atom. The van der Waals surface area contributed by atoms with Gasteiger partial charge in [0.05, 0.1) is 11.3 Å². The van der Waals surface area contributed by atoms with Gasteiger partial charge in [-0.3, -0.25) is 4.79 Å². The van der Waals surface area contributed by atoms with E-state index in [1.807, 2.05) is 0 Å². The second-order valence-corrected chi connectivity index (χ2v) is 4.46. The number of aromatic nitrogens is 2. The van der Waals surface area contributed by atoms with Gasteiger partial charge in [0, 0.05) is 18.2 Å². The third kappa shape index (κ3) is 2.12. The molecular weight excluding hydrogens is 250 g/mol. The molecule has 5 heteroatoms. The Labute approximate surface area is 108 Å². The van der Waals surface area contributed by atoms with Crippen molar-refractivity contribution in [3.63, 3.8) is 0 Å². The number of benzene rings is 1. The first kappa shape index (κ1) is 11.9. The summed E-state index contributed by atoms with van der Waals surface area (Å²) >= 11 is 0. The molecule has 0 saturated carbocycles. The molecule has 3 rings (SSSR count). The number of carbonyl (C=O) groups is 1. The average molecular weight is 260 g/mol. The summed E-state index contributed by atoms with van der Waals surface area (Å²) in [6.07, 6.45) is 3.46. The standard InChI is InChI=1S/C14H10F2N2O/c15-10-5-4-8(6-11(10)16)14-17-7-9-12(18-14)2-1-3-13(9)19/h4-7H,1-3H2. The lowest BCUT2D eigenvalue weighted by molar-refractivity contribution is 0.0971. The minimum absolute atomic E-state index is 0.0399. The summed E-state index contributed by atoms with van der Waals surface area (Å²) in [6, 6.07) is 3.52. The highest BCUT2D eigenvalue weighted by atomic mass is 19.2. The number of hydrogen-bond acceptors (Lipinski definition) is 3. The summed E-state index contributed by atoms with van der Waals surface area (Å²) in [4.78, 5) is 20.0. The van der Waals surface area contributed by atoms with Crippen LogP contribution in [0, 0.1) is 11.6 Å². The van der Waals surface area contributed by atoms with E-state index in [1.165, 1.54) is 12.3 Å². The van der Waals surface area contributed by atoms with Crippen molar-refractivity contribution in [1.29, 1.82) is 0 Å². The molecule has 1 aliphatic carbocycles. The third-order valence-corrected chi connectivity index (χ3v) is 3.16. The van der Waals surface area contributed by atoms with Gasteiger partial charge in [-0.05, 0) is 31.0 Å². The molecule has 3 nitrogen and oxygen atoms in total. The van der Waals surface area contributed by atoms with E-state index in [1.54, 1.807) is 0 Å². The first-order chi connectivity index (χ1) is 9.15. The molecule has 0 bridgehead atoms. The van der Waals surface area contributed by atoms with E-state index in [9.17, 15) is 13.6 Å². The second-order valence-electron chi connectivity index (χ2n) is 4.46. The van der Waals surface area contributed by atoms with Gasteiger partial charge in [0.1, 0.15) is 0 Å². The molecule has 0 saturated heterocycles. The zero-order valence-electron chi connectivity index (χ0n) is 9.99. The number of Topliss-reactive ketones (excluding diaryl/α,β-unsaturated/α-hetero) is 1. The molecule has 0 spiro atoms. The monoisotopic (exact) mass is 260 g/mol. The second kappa shape index (κ2) is 4.50. The summed E-state index contributed by atoms with van der Waals surface area (Å²) in [6.45, 7) is 0. The van der Waals surface area contributed by atoms with Gasteiger partial charge in [0.2, 0.25) is 0 Å². The van der Waals surface area contributed by atoms with E-state index in [0.29, 0.717) is 35.5 Å². The summed E-state index contributed by atoms with van der Waals surface area (Å²) in [5.41, 5.74) is 1.63. The Balaban J connectivity index is 2.06. The van der Waals surface area contributed by atoms with Crippen LogP contribution in [-0.4, -0.2) is 15.8 Å². The Kier molecular flexibility index (Phi) is 2.81. The van der Waals surface area contributed by atoms with Gasteiger partial charge in [-0.2, -0.15) is 0 Å². The van der Waals surface area contributed by atoms with Crippen molar-refractivity contribution in [2.75, 3.05) is 0 Å². The normalized spacial score (nSPS) is 14.3. The maximum absolute atomic E-state index is 13.2. The van der Waals surface area contributed by atoms with Crippen LogP contribution in [0.1, 0.15) is 28.9 Å². The molecule has 0 atom stereocenters. The fraction of sp³-hybridized carbons (Fsp3) is 0.214. The predicted molar refractivity (Wildman–Crippen MR) is 64.7 cm³/mol. The number of carbonyl (C=O) groups excluding carboxylic acids is 1. The van der Waals surface area contributed by atoms with Crippen molar-refractivity contribution in [3.8, 4) is 11.4 Å². The molecule has 0 N–H and O–H groups in total. The lowest BCUT2D eigenvalue weighted by atomic mass is 9.96. The smallest absolute Gasteiger partial charge is 0.166 e. The van der Waals surface area contributed by atoms with Gasteiger partial charge >= 0.3 is 0 Å². The van der Waals surface area contributed by atoms with Crippen molar-refractivity contribution in [2.45, 2.75) is 19.3 Å². The van der Waals surface area contributed by atoms with Crippen LogP contribution in [0.2, 0.25) is 0 Å². The predicted octanol–water partition coefficient (Wildman–Crippen LogP) is 2.94. The molecule has 0 radical (unpaired) electrons. The summed E-state index contributed by atoms with van der Waals surface area (Å²) in [5.74, 6) is -1.49. The van der Waals surface area contributed by atoms with Crippen LogP contribution < -0.4 is 0 Å². The van der Waals surface area contributed by atoms with Crippen LogP contribution in [0.4, 0.5) is 8.78 Å². The van der Waals surface area contributed by atoms with Crippen LogP contribution in [-0.2, 0) is 6.42 Å². The zero-order chi connectivity index (χ0) is 13.4. The van der Waals surface area contributed by atoms with E-state index in [0.717, 1.165) is 18.6 Å². The Morgan fingerprint density at radius 3 is 2.74 bits per heavy atom. The Morgan fingerprint density at radius 2 is 1.95 bits per heavy atom. The Hall–Kier alpha value is -2.17. The van der Waals surface area contributed by atoms with Crippen molar-refractivity contribution < 1.29 is 13.6 Å². The number of aryl methyl sites for hydroxylation is 1. The van der Waals surface area contributed by atoms with Crippen molar-refractivity contribution in [3.05, 3.63) is 47.3 Å². The van der Waals surface area contributed by atoms with E-state index in [4.69, 9.17) is 0 Å². The van der Waals surface area contributed by atoms with Crippen LogP contribution in [0.15, 0.2) is 24.4 Å². The highest BCUT2D eigenvalue weighted by Gasteiger charge is 2.19. The number of hydrogen-bond donors (Lipinski definition) is 0. The highest BCUT2D eigenvalue weighted by Crippen LogP contribution is 2.23. The number of nitrogens with zero attached hydrogens (tertiary/aromatic N) is 2. The molecule has 96 valence electrons. The zero-order valence-corrected chi connectivity index (χ0v) is 9.99. The maximum atomic E-state index is 13.2. The van der Waals surface area contributed by atoms with E-state index >= 15 is 0 Å². The summed E-state index contributed by atoms with van der Waals surface area (Å²) in [7, 11) is 0. The first-order valence-corrected chi connectivity index (χ1v) is 5.99. The van der Waals surface area contributed by atoms with E-state index in [-0.39, 0.29) is 5.78 Å². The van der Waals surface area contributed by atoms with Gasteiger partial charge in [-0.25, -0.2) is 18.7 Å². The molecule has 0 aliphatic heterocycles. The molecule has 19 heavy (non-hydrogen) atoms. The fourth-order valence-corrected chi connectivity index (χ4v) is 2.17. The van der Waals surface area contributed by atoms with Crippen LogP contribution in [0.3, 0.4) is 0 Å².